The number of nitrogens with zero attached hydrogens (tertiary/aromatic N) is 2. The van der Waals surface area contributed by atoms with E-state index in [2.05, 4.69) is 4.98 Å². The molecule has 29 heavy (non-hydrogen) atoms. The van der Waals surface area contributed by atoms with Crippen LogP contribution in [0.2, 0.25) is 0 Å². The normalized spacial score (nSPS) is 29.0. The number of amides is 1. The van der Waals surface area contributed by atoms with Crippen LogP contribution in [0, 0.1) is 19.8 Å². The summed E-state index contributed by atoms with van der Waals surface area (Å²) in [7, 11) is 0. The highest BCUT2D eigenvalue weighted by atomic mass is 35.5. The van der Waals surface area contributed by atoms with E-state index in [1.54, 1.807) is 4.90 Å². The molecule has 150 valence electrons. The minimum absolute atomic E-state index is 0.00342. The van der Waals surface area contributed by atoms with Crippen molar-refractivity contribution in [2.45, 2.75) is 50.6 Å². The van der Waals surface area contributed by atoms with Crippen molar-refractivity contribution >= 4 is 39.8 Å². The van der Waals surface area contributed by atoms with Gasteiger partial charge in [-0.1, -0.05) is 29.8 Å². The van der Waals surface area contributed by atoms with Crippen molar-refractivity contribution in [3.63, 3.8) is 0 Å². The second kappa shape index (κ2) is 6.96. The summed E-state index contributed by atoms with van der Waals surface area (Å²) in [4.78, 5) is 33.1. The Morgan fingerprint density at radius 2 is 1.93 bits per heavy atom. The average Bonchev–Trinajstić information content (AvgIpc) is 3.25. The first-order valence-corrected chi connectivity index (χ1v) is 11.2. The summed E-state index contributed by atoms with van der Waals surface area (Å²) in [5.41, 5.74) is 3.30. The first-order chi connectivity index (χ1) is 13.9. The van der Waals surface area contributed by atoms with Gasteiger partial charge >= 0.3 is 0 Å². The SMILES string of the molecule is Cc1ccc(C2C3=C(OC4CCC(Cl)CC4C3=O)C(=O)N2c2nc(C)cs2)cc1. The summed E-state index contributed by atoms with van der Waals surface area (Å²) in [6, 6.07) is 7.42. The molecule has 3 heterocycles. The van der Waals surface area contributed by atoms with Crippen LogP contribution in [0.25, 0.3) is 0 Å². The number of anilines is 1. The first-order valence-electron chi connectivity index (χ1n) is 9.85. The summed E-state index contributed by atoms with van der Waals surface area (Å²) >= 11 is 7.77. The quantitative estimate of drug-likeness (QED) is 0.662. The number of carbonyl (C=O) groups excluding carboxylic acids is 2. The van der Waals surface area contributed by atoms with E-state index in [1.807, 2.05) is 43.5 Å². The molecule has 4 unspecified atom stereocenters. The van der Waals surface area contributed by atoms with Crippen LogP contribution in [0.15, 0.2) is 41.0 Å². The van der Waals surface area contributed by atoms with Crippen LogP contribution in [0.5, 0.6) is 0 Å². The summed E-state index contributed by atoms with van der Waals surface area (Å²) in [5, 5.41) is 2.47. The predicted molar refractivity (Wildman–Crippen MR) is 112 cm³/mol. The Labute approximate surface area is 178 Å². The Bertz CT molecular complexity index is 1030. The molecule has 1 amide bonds. The van der Waals surface area contributed by atoms with Crippen LogP contribution in [-0.4, -0.2) is 28.2 Å². The van der Waals surface area contributed by atoms with Gasteiger partial charge in [-0.05, 0) is 38.7 Å². The molecule has 3 aliphatic rings. The first kappa shape index (κ1) is 18.8. The highest BCUT2D eigenvalue weighted by Gasteiger charge is 2.53. The molecule has 5 nitrogen and oxygen atoms in total. The number of ether oxygens (including phenoxy) is 1. The zero-order valence-electron chi connectivity index (χ0n) is 16.2. The second-order valence-electron chi connectivity index (χ2n) is 8.04. The van der Waals surface area contributed by atoms with Gasteiger partial charge in [-0.3, -0.25) is 14.5 Å². The van der Waals surface area contributed by atoms with Gasteiger partial charge < -0.3 is 4.74 Å². The number of alkyl halides is 1. The fourth-order valence-corrected chi connectivity index (χ4v) is 5.67. The highest BCUT2D eigenvalue weighted by molar-refractivity contribution is 7.14. The van der Waals surface area contributed by atoms with Crippen LogP contribution in [0.4, 0.5) is 5.13 Å². The largest absolute Gasteiger partial charge is 0.483 e. The van der Waals surface area contributed by atoms with E-state index in [1.165, 1.54) is 11.3 Å². The third kappa shape index (κ3) is 3.01. The number of aromatic nitrogens is 1. The molecule has 1 aromatic carbocycles. The van der Waals surface area contributed by atoms with Gasteiger partial charge in [-0.2, -0.15) is 0 Å². The number of Topliss-reactive ketones (excluding diaryl/α,β-unsaturated/α-hetero) is 1. The number of thiazole rings is 1. The van der Waals surface area contributed by atoms with E-state index in [4.69, 9.17) is 16.3 Å². The van der Waals surface area contributed by atoms with Crippen LogP contribution in [0.3, 0.4) is 0 Å². The van der Waals surface area contributed by atoms with E-state index in [0.717, 1.165) is 23.2 Å². The van der Waals surface area contributed by atoms with Crippen LogP contribution >= 0.6 is 22.9 Å². The molecule has 1 fully saturated rings. The highest BCUT2D eigenvalue weighted by Crippen LogP contribution is 2.49. The number of benzene rings is 1. The molecule has 0 spiro atoms. The van der Waals surface area contributed by atoms with E-state index in [0.29, 0.717) is 23.5 Å². The summed E-state index contributed by atoms with van der Waals surface area (Å²) in [6.07, 6.45) is 1.81. The molecule has 4 atom stereocenters. The number of carbonyl (C=O) groups is 2. The second-order valence-corrected chi connectivity index (χ2v) is 9.49. The number of rotatable bonds is 2. The molecule has 0 N–H and O–H groups in total. The van der Waals surface area contributed by atoms with Gasteiger partial charge in [0.15, 0.2) is 16.7 Å². The molecule has 5 rings (SSSR count). The Morgan fingerprint density at radius 3 is 2.62 bits per heavy atom. The van der Waals surface area contributed by atoms with Gasteiger partial charge in [0.05, 0.1) is 23.2 Å². The van der Waals surface area contributed by atoms with Gasteiger partial charge in [0.2, 0.25) is 0 Å². The van der Waals surface area contributed by atoms with E-state index in [-0.39, 0.29) is 34.8 Å². The number of ketones is 1. The number of hydrogen-bond donors (Lipinski definition) is 0. The lowest BCUT2D eigenvalue weighted by Crippen LogP contribution is -2.41. The van der Waals surface area contributed by atoms with Gasteiger partial charge in [0, 0.05) is 10.8 Å². The van der Waals surface area contributed by atoms with Crippen molar-refractivity contribution in [2.75, 3.05) is 4.90 Å². The monoisotopic (exact) mass is 428 g/mol. The van der Waals surface area contributed by atoms with Crippen molar-refractivity contribution in [1.29, 1.82) is 0 Å². The van der Waals surface area contributed by atoms with Gasteiger partial charge in [-0.25, -0.2) is 4.98 Å². The van der Waals surface area contributed by atoms with Crippen LogP contribution in [0.1, 0.15) is 42.1 Å². The average molecular weight is 429 g/mol. The van der Waals surface area contributed by atoms with Crippen molar-refractivity contribution in [1.82, 2.24) is 4.98 Å². The Kier molecular flexibility index (Phi) is 4.51. The topological polar surface area (TPSA) is 59.5 Å². The van der Waals surface area contributed by atoms with Crippen molar-refractivity contribution < 1.29 is 14.3 Å². The maximum Gasteiger partial charge on any atom is 0.296 e. The summed E-state index contributed by atoms with van der Waals surface area (Å²) in [6.45, 7) is 3.91. The van der Waals surface area contributed by atoms with Crippen LogP contribution < -0.4 is 4.90 Å². The predicted octanol–water partition coefficient (Wildman–Crippen LogP) is 4.48. The Balaban J connectivity index is 1.64. The van der Waals surface area contributed by atoms with Crippen molar-refractivity contribution in [3.8, 4) is 0 Å². The van der Waals surface area contributed by atoms with E-state index < -0.39 is 6.04 Å². The van der Waals surface area contributed by atoms with Gasteiger partial charge in [0.1, 0.15) is 6.10 Å². The maximum absolute atomic E-state index is 13.6. The zero-order valence-corrected chi connectivity index (χ0v) is 17.8. The molecule has 0 saturated heterocycles. The molecule has 1 saturated carbocycles. The lowest BCUT2D eigenvalue weighted by molar-refractivity contribution is -0.131. The Hall–Kier alpha value is -2.18. The number of fused-ring (bicyclic) bond motifs is 1. The Morgan fingerprint density at radius 1 is 1.17 bits per heavy atom. The molecule has 2 aliphatic heterocycles. The molecule has 1 aliphatic carbocycles. The molecule has 0 bridgehead atoms. The fraction of sp³-hybridized carbons (Fsp3) is 0.409. The van der Waals surface area contributed by atoms with E-state index in [9.17, 15) is 9.59 Å². The van der Waals surface area contributed by atoms with Gasteiger partial charge in [-0.15, -0.1) is 22.9 Å². The molecule has 0 radical (unpaired) electrons. The molecule has 7 heteroatoms. The van der Waals surface area contributed by atoms with E-state index >= 15 is 0 Å². The van der Waals surface area contributed by atoms with Crippen LogP contribution in [-0.2, 0) is 14.3 Å². The molecule has 2 aromatic rings. The third-order valence-electron chi connectivity index (χ3n) is 5.99. The number of hydrogen-bond acceptors (Lipinski definition) is 5. The molecular formula is C22H21ClN2O3S. The lowest BCUT2D eigenvalue weighted by Gasteiger charge is -2.37. The summed E-state index contributed by atoms with van der Waals surface area (Å²) < 4.78 is 6.17. The summed E-state index contributed by atoms with van der Waals surface area (Å²) in [5.74, 6) is -0.373. The maximum atomic E-state index is 13.6. The molecular weight excluding hydrogens is 408 g/mol. The minimum atomic E-state index is -0.521. The zero-order chi connectivity index (χ0) is 20.3. The standard InChI is InChI=1S/C22H21ClN2O3S/c1-11-3-5-13(6-4-11)18-17-19(26)15-9-14(23)7-8-16(15)28-20(17)21(27)25(18)22-24-12(2)10-29-22/h3-6,10,14-16,18H,7-9H2,1-2H3. The number of aryl methyl sites for hydroxylation is 2. The molecule has 1 aromatic heterocycles. The third-order valence-corrected chi connectivity index (χ3v) is 7.34. The minimum Gasteiger partial charge on any atom is -0.483 e. The lowest BCUT2D eigenvalue weighted by atomic mass is 9.77. The number of halogens is 1. The fourth-order valence-electron chi connectivity index (χ4n) is 4.53. The van der Waals surface area contributed by atoms with Gasteiger partial charge in [0.25, 0.3) is 5.91 Å². The van der Waals surface area contributed by atoms with Crippen molar-refractivity contribution in [3.05, 3.63) is 57.8 Å². The smallest absolute Gasteiger partial charge is 0.296 e. The van der Waals surface area contributed by atoms with Crippen molar-refractivity contribution in [2.24, 2.45) is 5.92 Å².